The van der Waals surface area contributed by atoms with E-state index in [1.54, 1.807) is 18.2 Å². The molecule has 4 nitrogen and oxygen atoms in total. The van der Waals surface area contributed by atoms with Gasteiger partial charge in [-0.05, 0) is 30.3 Å². The number of nitrogens with zero attached hydrogens (tertiary/aromatic N) is 1. The van der Waals surface area contributed by atoms with E-state index in [0.29, 0.717) is 10.8 Å². The smallest absolute Gasteiger partial charge is 0.260 e. The normalized spacial score (nSPS) is 10.1. The number of rotatable bonds is 2. The summed E-state index contributed by atoms with van der Waals surface area (Å²) in [6.07, 6.45) is 0. The summed E-state index contributed by atoms with van der Waals surface area (Å²) in [7, 11) is 0. The van der Waals surface area contributed by atoms with Crippen LogP contribution >= 0.6 is 23.2 Å². The number of phenols is 1. The van der Waals surface area contributed by atoms with Crippen LogP contribution in [0.2, 0.25) is 10.2 Å². The Labute approximate surface area is 113 Å². The van der Waals surface area contributed by atoms with Crippen LogP contribution in [0.1, 0.15) is 10.4 Å². The van der Waals surface area contributed by atoms with Crippen molar-refractivity contribution in [2.75, 3.05) is 5.32 Å². The Bertz CT molecular complexity index is 602. The Morgan fingerprint density at radius 3 is 2.72 bits per heavy atom. The SMILES string of the molecule is O=C(Nc1cccc(Cl)n1)c1cc(Cl)ccc1O. The molecule has 0 unspecified atom stereocenters. The van der Waals surface area contributed by atoms with Gasteiger partial charge in [-0.2, -0.15) is 0 Å². The number of amides is 1. The number of aromatic nitrogens is 1. The second-order valence-electron chi connectivity index (χ2n) is 3.46. The third-order valence-corrected chi connectivity index (χ3v) is 2.61. The molecule has 0 radical (unpaired) electrons. The number of phenolic OH excluding ortho intramolecular Hbond substituents is 1. The number of pyridine rings is 1. The van der Waals surface area contributed by atoms with Gasteiger partial charge in [0.05, 0.1) is 5.56 Å². The van der Waals surface area contributed by atoms with E-state index in [9.17, 15) is 9.90 Å². The Balaban J connectivity index is 2.24. The first-order chi connectivity index (χ1) is 8.56. The molecule has 1 aromatic heterocycles. The van der Waals surface area contributed by atoms with Gasteiger partial charge < -0.3 is 10.4 Å². The van der Waals surface area contributed by atoms with Crippen LogP contribution in [0, 0.1) is 0 Å². The summed E-state index contributed by atoms with van der Waals surface area (Å²) in [5, 5.41) is 12.7. The molecule has 2 N–H and O–H groups in total. The van der Waals surface area contributed by atoms with Crippen LogP contribution in [0.4, 0.5) is 5.82 Å². The highest BCUT2D eigenvalue weighted by Crippen LogP contribution is 2.22. The van der Waals surface area contributed by atoms with Crippen molar-refractivity contribution >= 4 is 34.9 Å². The number of hydrogen-bond acceptors (Lipinski definition) is 3. The summed E-state index contributed by atoms with van der Waals surface area (Å²) < 4.78 is 0. The Kier molecular flexibility index (Phi) is 3.69. The van der Waals surface area contributed by atoms with E-state index in [4.69, 9.17) is 23.2 Å². The monoisotopic (exact) mass is 282 g/mol. The molecule has 1 heterocycles. The van der Waals surface area contributed by atoms with Gasteiger partial charge in [0.2, 0.25) is 0 Å². The lowest BCUT2D eigenvalue weighted by atomic mass is 10.2. The third kappa shape index (κ3) is 2.91. The molecule has 18 heavy (non-hydrogen) atoms. The molecule has 0 aliphatic rings. The van der Waals surface area contributed by atoms with Gasteiger partial charge in [-0.25, -0.2) is 4.98 Å². The van der Waals surface area contributed by atoms with Crippen LogP contribution in [-0.4, -0.2) is 16.0 Å². The van der Waals surface area contributed by atoms with E-state index in [1.165, 1.54) is 18.2 Å². The summed E-state index contributed by atoms with van der Waals surface area (Å²) in [4.78, 5) is 15.8. The number of hydrogen-bond donors (Lipinski definition) is 2. The molecule has 0 spiro atoms. The molecular formula is C12H8Cl2N2O2. The van der Waals surface area contributed by atoms with Crippen LogP contribution in [0.15, 0.2) is 36.4 Å². The minimum absolute atomic E-state index is 0.0734. The number of carbonyl (C=O) groups excluding carboxylic acids is 1. The number of benzene rings is 1. The highest BCUT2D eigenvalue weighted by Gasteiger charge is 2.12. The zero-order valence-corrected chi connectivity index (χ0v) is 10.5. The van der Waals surface area contributed by atoms with Crippen LogP contribution in [0.5, 0.6) is 5.75 Å². The standard InChI is InChI=1S/C12H8Cl2N2O2/c13-7-4-5-9(17)8(6-7)12(18)16-11-3-1-2-10(14)15-11/h1-6,17H,(H,15,16,18). The molecule has 0 fully saturated rings. The van der Waals surface area contributed by atoms with Crippen molar-refractivity contribution in [3.63, 3.8) is 0 Å². The van der Waals surface area contributed by atoms with Gasteiger partial charge in [0, 0.05) is 5.02 Å². The van der Waals surface area contributed by atoms with E-state index >= 15 is 0 Å². The maximum atomic E-state index is 11.9. The van der Waals surface area contributed by atoms with Crippen molar-refractivity contribution in [3.8, 4) is 5.75 Å². The minimum atomic E-state index is -0.509. The summed E-state index contributed by atoms with van der Waals surface area (Å²) in [6.45, 7) is 0. The Morgan fingerprint density at radius 2 is 2.00 bits per heavy atom. The predicted molar refractivity (Wildman–Crippen MR) is 70.3 cm³/mol. The molecule has 0 bridgehead atoms. The topological polar surface area (TPSA) is 62.2 Å². The lowest BCUT2D eigenvalue weighted by molar-refractivity contribution is 0.102. The Hall–Kier alpha value is -1.78. The quantitative estimate of drug-likeness (QED) is 0.831. The average Bonchev–Trinajstić information content (AvgIpc) is 2.32. The summed E-state index contributed by atoms with van der Waals surface area (Å²) in [5.41, 5.74) is 0.0734. The number of carbonyl (C=O) groups is 1. The number of nitrogens with one attached hydrogen (secondary N) is 1. The van der Waals surface area contributed by atoms with Gasteiger partial charge in [-0.3, -0.25) is 4.79 Å². The molecule has 1 amide bonds. The highest BCUT2D eigenvalue weighted by atomic mass is 35.5. The molecule has 6 heteroatoms. The van der Waals surface area contributed by atoms with Gasteiger partial charge in [-0.15, -0.1) is 0 Å². The first-order valence-corrected chi connectivity index (χ1v) is 5.74. The fourth-order valence-corrected chi connectivity index (χ4v) is 1.69. The predicted octanol–water partition coefficient (Wildman–Crippen LogP) is 3.35. The van der Waals surface area contributed by atoms with E-state index in [1.807, 2.05) is 0 Å². The van der Waals surface area contributed by atoms with Gasteiger partial charge in [0.15, 0.2) is 0 Å². The van der Waals surface area contributed by atoms with Crippen molar-refractivity contribution in [2.24, 2.45) is 0 Å². The minimum Gasteiger partial charge on any atom is -0.507 e. The third-order valence-electron chi connectivity index (χ3n) is 2.16. The first kappa shape index (κ1) is 12.7. The zero-order valence-electron chi connectivity index (χ0n) is 9.02. The van der Waals surface area contributed by atoms with Gasteiger partial charge in [0.1, 0.15) is 16.7 Å². The molecule has 2 rings (SSSR count). The van der Waals surface area contributed by atoms with Crippen LogP contribution < -0.4 is 5.32 Å². The molecule has 0 saturated heterocycles. The maximum absolute atomic E-state index is 11.9. The van der Waals surface area contributed by atoms with E-state index in [-0.39, 0.29) is 16.5 Å². The lowest BCUT2D eigenvalue weighted by Gasteiger charge is -2.06. The first-order valence-electron chi connectivity index (χ1n) is 4.98. The maximum Gasteiger partial charge on any atom is 0.260 e. The highest BCUT2D eigenvalue weighted by molar-refractivity contribution is 6.31. The number of aromatic hydroxyl groups is 1. The fourth-order valence-electron chi connectivity index (χ4n) is 1.35. The molecule has 1 aromatic carbocycles. The second-order valence-corrected chi connectivity index (χ2v) is 4.28. The van der Waals surface area contributed by atoms with Crippen LogP contribution in [-0.2, 0) is 0 Å². The van der Waals surface area contributed by atoms with Crippen LogP contribution in [0.3, 0.4) is 0 Å². The summed E-state index contributed by atoms with van der Waals surface area (Å²) in [6, 6.07) is 9.05. The van der Waals surface area contributed by atoms with E-state index in [2.05, 4.69) is 10.3 Å². The van der Waals surface area contributed by atoms with Crippen molar-refractivity contribution in [2.45, 2.75) is 0 Å². The number of halogens is 2. The molecule has 0 aliphatic carbocycles. The van der Waals surface area contributed by atoms with Crippen molar-refractivity contribution in [3.05, 3.63) is 52.1 Å². The van der Waals surface area contributed by atoms with Crippen molar-refractivity contribution in [1.82, 2.24) is 4.98 Å². The van der Waals surface area contributed by atoms with Gasteiger partial charge >= 0.3 is 0 Å². The lowest BCUT2D eigenvalue weighted by Crippen LogP contribution is -2.13. The summed E-state index contributed by atoms with van der Waals surface area (Å²) in [5.74, 6) is -0.365. The molecule has 92 valence electrons. The molecule has 2 aromatic rings. The van der Waals surface area contributed by atoms with Gasteiger partial charge in [0.25, 0.3) is 5.91 Å². The second kappa shape index (κ2) is 5.25. The van der Waals surface area contributed by atoms with E-state index in [0.717, 1.165) is 0 Å². The molecular weight excluding hydrogens is 275 g/mol. The van der Waals surface area contributed by atoms with Crippen molar-refractivity contribution in [1.29, 1.82) is 0 Å². The largest absolute Gasteiger partial charge is 0.507 e. The van der Waals surface area contributed by atoms with Crippen LogP contribution in [0.25, 0.3) is 0 Å². The average molecular weight is 283 g/mol. The Morgan fingerprint density at radius 1 is 1.22 bits per heavy atom. The fraction of sp³-hybridized carbons (Fsp3) is 0. The molecule has 0 saturated carbocycles. The van der Waals surface area contributed by atoms with E-state index < -0.39 is 5.91 Å². The van der Waals surface area contributed by atoms with Gasteiger partial charge in [-0.1, -0.05) is 29.3 Å². The van der Waals surface area contributed by atoms with Crippen molar-refractivity contribution < 1.29 is 9.90 Å². The summed E-state index contributed by atoms with van der Waals surface area (Å²) >= 11 is 11.5. The number of anilines is 1. The molecule has 0 atom stereocenters. The molecule has 0 aliphatic heterocycles. The zero-order chi connectivity index (χ0) is 13.1.